The normalized spacial score (nSPS) is 13.5. The highest BCUT2D eigenvalue weighted by Gasteiger charge is 2.30. The summed E-state index contributed by atoms with van der Waals surface area (Å²) in [6.07, 6.45) is 2.26. The van der Waals surface area contributed by atoms with Gasteiger partial charge < -0.3 is 9.80 Å². The van der Waals surface area contributed by atoms with Crippen molar-refractivity contribution in [3.63, 3.8) is 0 Å². The van der Waals surface area contributed by atoms with Gasteiger partial charge in [-0.1, -0.05) is 69.3 Å². The van der Waals surface area contributed by atoms with Gasteiger partial charge in [-0.2, -0.15) is 0 Å². The van der Waals surface area contributed by atoms with Crippen LogP contribution in [0.1, 0.15) is 60.0 Å². The first-order chi connectivity index (χ1) is 16.3. The van der Waals surface area contributed by atoms with E-state index in [1.165, 1.54) is 5.56 Å². The Balaban J connectivity index is 1.51. The van der Waals surface area contributed by atoms with Gasteiger partial charge in [-0.3, -0.25) is 9.59 Å². The van der Waals surface area contributed by atoms with Crippen LogP contribution in [0.3, 0.4) is 0 Å². The molecule has 0 radical (unpaired) electrons. The minimum absolute atomic E-state index is 0.0161. The SMILES string of the molecule is CC(C)(C)c1ccc(C(=O)N(CC(=O)N(Cc2ccccc2)Cc2cccs2)CC2CC2)cc1. The Morgan fingerprint density at radius 2 is 1.59 bits per heavy atom. The van der Waals surface area contributed by atoms with Gasteiger partial charge in [0.15, 0.2) is 0 Å². The highest BCUT2D eigenvalue weighted by molar-refractivity contribution is 7.09. The molecule has 2 amide bonds. The fraction of sp³-hybridized carbons (Fsp3) is 0.379. The van der Waals surface area contributed by atoms with E-state index in [1.54, 1.807) is 16.2 Å². The van der Waals surface area contributed by atoms with E-state index in [-0.39, 0.29) is 23.8 Å². The van der Waals surface area contributed by atoms with E-state index >= 15 is 0 Å². The molecule has 0 N–H and O–H groups in total. The molecule has 0 saturated heterocycles. The summed E-state index contributed by atoms with van der Waals surface area (Å²) in [5.74, 6) is 0.430. The molecule has 1 fully saturated rings. The van der Waals surface area contributed by atoms with Crippen molar-refractivity contribution in [2.45, 2.75) is 52.1 Å². The van der Waals surface area contributed by atoms with Gasteiger partial charge in [-0.25, -0.2) is 0 Å². The Kier molecular flexibility index (Phi) is 7.52. The van der Waals surface area contributed by atoms with Gasteiger partial charge in [-0.05, 0) is 58.9 Å². The van der Waals surface area contributed by atoms with Gasteiger partial charge >= 0.3 is 0 Å². The first kappa shape index (κ1) is 24.2. The zero-order valence-corrected chi connectivity index (χ0v) is 21.2. The summed E-state index contributed by atoms with van der Waals surface area (Å²) in [6.45, 7) is 8.32. The molecule has 0 spiro atoms. The molecule has 3 aromatic rings. The topological polar surface area (TPSA) is 40.6 Å². The van der Waals surface area contributed by atoms with Gasteiger partial charge in [0.25, 0.3) is 5.91 Å². The lowest BCUT2D eigenvalue weighted by molar-refractivity contribution is -0.133. The standard InChI is InChI=1S/C29H34N2O2S/c1-29(2,3)25-15-13-24(14-16-25)28(33)31(19-23-11-12-23)21-27(32)30(20-26-10-7-17-34-26)18-22-8-5-4-6-9-22/h4-10,13-17,23H,11-12,18-21H2,1-3H3. The van der Waals surface area contributed by atoms with Crippen LogP contribution in [0.2, 0.25) is 0 Å². The second-order valence-electron chi connectivity index (χ2n) is 10.3. The average Bonchev–Trinajstić information content (AvgIpc) is 3.49. The van der Waals surface area contributed by atoms with Gasteiger partial charge in [0.2, 0.25) is 5.91 Å². The molecule has 0 unspecified atom stereocenters. The number of benzene rings is 2. The molecule has 1 heterocycles. The van der Waals surface area contributed by atoms with E-state index in [4.69, 9.17) is 0 Å². The van der Waals surface area contributed by atoms with Crippen LogP contribution < -0.4 is 0 Å². The van der Waals surface area contributed by atoms with Crippen molar-refractivity contribution in [1.29, 1.82) is 0 Å². The van der Waals surface area contributed by atoms with Gasteiger partial charge in [-0.15, -0.1) is 11.3 Å². The monoisotopic (exact) mass is 474 g/mol. The Bertz CT molecular complexity index is 1080. The predicted molar refractivity (Wildman–Crippen MR) is 139 cm³/mol. The van der Waals surface area contributed by atoms with E-state index in [0.29, 0.717) is 31.1 Å². The van der Waals surface area contributed by atoms with E-state index in [9.17, 15) is 9.59 Å². The van der Waals surface area contributed by atoms with Gasteiger partial charge in [0, 0.05) is 23.5 Å². The van der Waals surface area contributed by atoms with Crippen LogP contribution in [-0.2, 0) is 23.3 Å². The molecule has 5 heteroatoms. The van der Waals surface area contributed by atoms with Crippen molar-refractivity contribution >= 4 is 23.2 Å². The minimum Gasteiger partial charge on any atom is -0.332 e. The molecule has 1 saturated carbocycles. The second-order valence-corrected chi connectivity index (χ2v) is 11.3. The highest BCUT2D eigenvalue weighted by Crippen LogP contribution is 2.30. The number of carbonyl (C=O) groups excluding carboxylic acids is 2. The predicted octanol–water partition coefficient (Wildman–Crippen LogP) is 6.13. The number of rotatable bonds is 9. The number of hydrogen-bond donors (Lipinski definition) is 0. The number of hydrogen-bond acceptors (Lipinski definition) is 3. The van der Waals surface area contributed by atoms with Crippen molar-refractivity contribution in [3.05, 3.63) is 93.7 Å². The first-order valence-electron chi connectivity index (χ1n) is 12.0. The quantitative estimate of drug-likeness (QED) is 0.374. The summed E-state index contributed by atoms with van der Waals surface area (Å²) >= 11 is 1.65. The molecule has 2 aromatic carbocycles. The number of amides is 2. The Morgan fingerprint density at radius 3 is 2.18 bits per heavy atom. The maximum absolute atomic E-state index is 13.5. The van der Waals surface area contributed by atoms with Crippen LogP contribution in [-0.4, -0.2) is 34.7 Å². The van der Waals surface area contributed by atoms with Crippen LogP contribution >= 0.6 is 11.3 Å². The van der Waals surface area contributed by atoms with Gasteiger partial charge in [0.05, 0.1) is 6.54 Å². The molecular weight excluding hydrogens is 440 g/mol. The summed E-state index contributed by atoms with van der Waals surface area (Å²) in [5.41, 5.74) is 2.96. The molecule has 178 valence electrons. The molecule has 0 bridgehead atoms. The molecule has 1 aliphatic carbocycles. The third kappa shape index (κ3) is 6.57. The van der Waals surface area contributed by atoms with Crippen molar-refractivity contribution < 1.29 is 9.59 Å². The van der Waals surface area contributed by atoms with E-state index in [0.717, 1.165) is 23.3 Å². The fourth-order valence-corrected chi connectivity index (χ4v) is 4.74. The van der Waals surface area contributed by atoms with E-state index < -0.39 is 0 Å². The molecule has 1 aromatic heterocycles. The lowest BCUT2D eigenvalue weighted by Crippen LogP contribution is -2.43. The molecule has 4 rings (SSSR count). The number of carbonyl (C=O) groups is 2. The average molecular weight is 475 g/mol. The molecule has 4 nitrogen and oxygen atoms in total. The van der Waals surface area contributed by atoms with Crippen molar-refractivity contribution in [2.24, 2.45) is 5.92 Å². The smallest absolute Gasteiger partial charge is 0.254 e. The van der Waals surface area contributed by atoms with Crippen LogP contribution in [0.4, 0.5) is 0 Å². The van der Waals surface area contributed by atoms with Crippen LogP contribution in [0.5, 0.6) is 0 Å². The lowest BCUT2D eigenvalue weighted by atomic mass is 9.86. The summed E-state index contributed by atoms with van der Waals surface area (Å²) < 4.78 is 0. The molecule has 0 aliphatic heterocycles. The Hall–Kier alpha value is -2.92. The maximum atomic E-state index is 13.5. The Labute approximate surface area is 207 Å². The zero-order chi connectivity index (χ0) is 24.1. The molecule has 34 heavy (non-hydrogen) atoms. The Morgan fingerprint density at radius 1 is 0.882 bits per heavy atom. The first-order valence-corrected chi connectivity index (χ1v) is 12.9. The maximum Gasteiger partial charge on any atom is 0.254 e. The number of thiophene rings is 1. The van der Waals surface area contributed by atoms with Crippen LogP contribution in [0, 0.1) is 5.92 Å². The van der Waals surface area contributed by atoms with Crippen molar-refractivity contribution in [3.8, 4) is 0 Å². The third-order valence-corrected chi connectivity index (χ3v) is 7.14. The largest absolute Gasteiger partial charge is 0.332 e. The van der Waals surface area contributed by atoms with Crippen LogP contribution in [0.25, 0.3) is 0 Å². The summed E-state index contributed by atoms with van der Waals surface area (Å²) in [5, 5.41) is 2.03. The third-order valence-electron chi connectivity index (χ3n) is 6.28. The summed E-state index contributed by atoms with van der Waals surface area (Å²) in [7, 11) is 0. The van der Waals surface area contributed by atoms with Crippen molar-refractivity contribution in [2.75, 3.05) is 13.1 Å². The molecule has 1 aliphatic rings. The van der Waals surface area contributed by atoms with E-state index in [1.807, 2.05) is 70.9 Å². The minimum atomic E-state index is -0.0588. The number of nitrogens with zero attached hydrogens (tertiary/aromatic N) is 2. The zero-order valence-electron chi connectivity index (χ0n) is 20.4. The van der Waals surface area contributed by atoms with E-state index in [2.05, 4.69) is 26.8 Å². The highest BCUT2D eigenvalue weighted by atomic mass is 32.1. The van der Waals surface area contributed by atoms with Gasteiger partial charge in [0.1, 0.15) is 6.54 Å². The van der Waals surface area contributed by atoms with Crippen LogP contribution in [0.15, 0.2) is 72.1 Å². The summed E-state index contributed by atoms with van der Waals surface area (Å²) in [6, 6.07) is 22.0. The summed E-state index contributed by atoms with van der Waals surface area (Å²) in [4.78, 5) is 31.8. The fourth-order valence-electron chi connectivity index (χ4n) is 4.02. The second kappa shape index (κ2) is 10.6. The van der Waals surface area contributed by atoms with Crippen molar-refractivity contribution in [1.82, 2.24) is 9.80 Å². The lowest BCUT2D eigenvalue weighted by Gasteiger charge is -2.28. The molecule has 0 atom stereocenters. The molecular formula is C29H34N2O2S.